The molecule has 0 spiro atoms. The third kappa shape index (κ3) is 4.87. The number of hydrazine groups is 1. The summed E-state index contributed by atoms with van der Waals surface area (Å²) in [5.41, 5.74) is 6.68. The number of amides is 1. The summed E-state index contributed by atoms with van der Waals surface area (Å²) in [5, 5.41) is 10.6. The van der Waals surface area contributed by atoms with Crippen molar-refractivity contribution >= 4 is 17.7 Å². The molecule has 0 saturated carbocycles. The van der Waals surface area contributed by atoms with E-state index in [1.165, 1.54) is 19.2 Å². The van der Waals surface area contributed by atoms with Gasteiger partial charge in [-0.1, -0.05) is 12.1 Å². The summed E-state index contributed by atoms with van der Waals surface area (Å²) < 4.78 is 0. The maximum Gasteiger partial charge on any atom is 0.276 e. The van der Waals surface area contributed by atoms with Crippen LogP contribution < -0.4 is 17.0 Å². The van der Waals surface area contributed by atoms with Crippen molar-refractivity contribution in [2.24, 2.45) is 11.6 Å². The molecule has 5 N–H and O–H groups in total. The zero-order valence-electron chi connectivity index (χ0n) is 9.29. The number of benzene rings is 1. The minimum Gasteiger partial charge on any atom is -0.333 e. The van der Waals surface area contributed by atoms with E-state index in [1.54, 1.807) is 18.2 Å². The van der Waals surface area contributed by atoms with Gasteiger partial charge in [-0.3, -0.25) is 20.3 Å². The quantitative estimate of drug-likeness (QED) is 0.228. The molecule has 7 nitrogen and oxygen atoms in total. The molecule has 0 fully saturated rings. The van der Waals surface area contributed by atoms with E-state index in [0.29, 0.717) is 5.56 Å². The van der Waals surface area contributed by atoms with Gasteiger partial charge < -0.3 is 5.73 Å². The summed E-state index contributed by atoms with van der Waals surface area (Å²) >= 11 is 0. The number of nitro groups is 1. The summed E-state index contributed by atoms with van der Waals surface area (Å²) in [4.78, 5) is 20.8. The highest BCUT2D eigenvalue weighted by atomic mass is 16.6. The molecule has 0 heterocycles. The number of rotatable bonds is 3. The van der Waals surface area contributed by atoms with Gasteiger partial charge in [-0.15, -0.1) is 0 Å². The third-order valence-electron chi connectivity index (χ3n) is 1.69. The Balaban J connectivity index is 0.00000121. The van der Waals surface area contributed by atoms with Crippen molar-refractivity contribution in [2.45, 2.75) is 0 Å². The largest absolute Gasteiger partial charge is 0.333 e. The van der Waals surface area contributed by atoms with Gasteiger partial charge in [-0.2, -0.15) is 0 Å². The second kappa shape index (κ2) is 7.97. The Morgan fingerprint density at radius 2 is 2.00 bits per heavy atom. The van der Waals surface area contributed by atoms with Crippen LogP contribution >= 0.6 is 0 Å². The number of nitrogens with zero attached hydrogens (tertiary/aromatic N) is 1. The maximum atomic E-state index is 10.8. The number of nitrogens with one attached hydrogen (secondary N) is 1. The van der Waals surface area contributed by atoms with Crippen LogP contribution in [0.5, 0.6) is 0 Å². The van der Waals surface area contributed by atoms with Gasteiger partial charge in [0.2, 0.25) is 0 Å². The number of nitrogens with two attached hydrogens (primary N) is 2. The van der Waals surface area contributed by atoms with Crippen LogP contribution in [0.3, 0.4) is 0 Å². The topological polar surface area (TPSA) is 124 Å². The van der Waals surface area contributed by atoms with E-state index >= 15 is 0 Å². The molecule has 92 valence electrons. The number of hydrogen-bond acceptors (Lipinski definition) is 5. The fourth-order valence-corrected chi connectivity index (χ4v) is 1.01. The molecule has 7 heteroatoms. The van der Waals surface area contributed by atoms with Gasteiger partial charge in [-0.25, -0.2) is 5.84 Å². The molecule has 1 amide bonds. The van der Waals surface area contributed by atoms with Crippen molar-refractivity contribution in [3.05, 3.63) is 46.0 Å². The molecule has 0 atom stereocenters. The van der Waals surface area contributed by atoms with Gasteiger partial charge >= 0.3 is 0 Å². The number of nitro benzene ring substituents is 1. The second-order valence-electron chi connectivity index (χ2n) is 2.66. The summed E-state index contributed by atoms with van der Waals surface area (Å²) in [5.74, 6) is 4.33. The zero-order valence-corrected chi connectivity index (χ0v) is 9.29. The minimum absolute atomic E-state index is 0.0569. The monoisotopic (exact) mass is 238 g/mol. The molecular weight excluding hydrogens is 224 g/mol. The van der Waals surface area contributed by atoms with Crippen molar-refractivity contribution in [3.63, 3.8) is 0 Å². The van der Waals surface area contributed by atoms with E-state index < -0.39 is 10.8 Å². The molecule has 0 unspecified atom stereocenters. The van der Waals surface area contributed by atoms with E-state index in [-0.39, 0.29) is 5.69 Å². The smallest absolute Gasteiger partial charge is 0.276 e. The lowest BCUT2D eigenvalue weighted by Gasteiger charge is -1.96. The van der Waals surface area contributed by atoms with E-state index in [0.717, 1.165) is 6.08 Å². The number of carbonyl (C=O) groups excluding carboxylic acids is 1. The first-order chi connectivity index (χ1) is 8.15. The molecule has 0 radical (unpaired) electrons. The average Bonchev–Trinajstić information content (AvgIpc) is 2.38. The average molecular weight is 238 g/mol. The number of para-hydroxylation sites is 1. The summed E-state index contributed by atoms with van der Waals surface area (Å²) in [7, 11) is 1.50. The molecule has 1 rings (SSSR count). The Labute approximate surface area is 98.2 Å². The molecular formula is C10H14N4O3. The van der Waals surface area contributed by atoms with Crippen LogP contribution in [0.2, 0.25) is 0 Å². The maximum absolute atomic E-state index is 10.8. The van der Waals surface area contributed by atoms with Gasteiger partial charge in [0.25, 0.3) is 11.6 Å². The molecule has 0 aliphatic rings. The highest BCUT2D eigenvalue weighted by Crippen LogP contribution is 2.18. The highest BCUT2D eigenvalue weighted by Gasteiger charge is 2.09. The second-order valence-corrected chi connectivity index (χ2v) is 2.66. The Kier molecular flexibility index (Phi) is 6.91. The molecule has 0 aliphatic heterocycles. The predicted octanol–water partition coefficient (Wildman–Crippen LogP) is 0.173. The first kappa shape index (κ1) is 14.8. The lowest BCUT2D eigenvalue weighted by atomic mass is 10.1. The van der Waals surface area contributed by atoms with Gasteiger partial charge in [0.1, 0.15) is 0 Å². The lowest BCUT2D eigenvalue weighted by Crippen LogP contribution is -2.27. The zero-order chi connectivity index (χ0) is 13.3. The summed E-state index contributed by atoms with van der Waals surface area (Å²) in [6, 6.07) is 6.10. The van der Waals surface area contributed by atoms with Crippen molar-refractivity contribution < 1.29 is 9.72 Å². The van der Waals surface area contributed by atoms with Crippen LogP contribution in [0.15, 0.2) is 30.3 Å². The summed E-state index contributed by atoms with van der Waals surface area (Å²) in [6.07, 6.45) is 2.46. The number of hydrogen-bond donors (Lipinski definition) is 3. The van der Waals surface area contributed by atoms with E-state index in [2.05, 4.69) is 5.73 Å². The fraction of sp³-hybridized carbons (Fsp3) is 0.100. The highest BCUT2D eigenvalue weighted by molar-refractivity contribution is 5.91. The number of carbonyl (C=O) groups is 1. The Hall–Kier alpha value is -2.25. The van der Waals surface area contributed by atoms with Crippen LogP contribution in [-0.4, -0.2) is 17.9 Å². The molecule has 0 bridgehead atoms. The van der Waals surface area contributed by atoms with Crippen LogP contribution in [0.25, 0.3) is 6.08 Å². The SMILES string of the molecule is CN.NNC(=O)/C=C/c1ccccc1[N+](=O)[O-]. The van der Waals surface area contributed by atoms with Gasteiger partial charge in [0.15, 0.2) is 0 Å². The van der Waals surface area contributed by atoms with Crippen LogP contribution in [0, 0.1) is 10.1 Å². The molecule has 1 aromatic rings. The van der Waals surface area contributed by atoms with Gasteiger partial charge in [0.05, 0.1) is 10.5 Å². The van der Waals surface area contributed by atoms with Crippen molar-refractivity contribution in [2.75, 3.05) is 7.05 Å². The molecule has 1 aromatic carbocycles. The van der Waals surface area contributed by atoms with Gasteiger partial charge in [-0.05, 0) is 19.2 Å². The molecule has 17 heavy (non-hydrogen) atoms. The Bertz CT molecular complexity index is 418. The van der Waals surface area contributed by atoms with Crippen LogP contribution in [0.1, 0.15) is 5.56 Å². The summed E-state index contributed by atoms with van der Waals surface area (Å²) in [6.45, 7) is 0. The van der Waals surface area contributed by atoms with Crippen molar-refractivity contribution in [1.29, 1.82) is 0 Å². The van der Waals surface area contributed by atoms with Gasteiger partial charge in [0, 0.05) is 12.1 Å². The Morgan fingerprint density at radius 3 is 2.53 bits per heavy atom. The molecule has 0 saturated heterocycles. The molecule has 0 aliphatic carbocycles. The van der Waals surface area contributed by atoms with Crippen LogP contribution in [0.4, 0.5) is 5.69 Å². The van der Waals surface area contributed by atoms with E-state index in [4.69, 9.17) is 5.84 Å². The Morgan fingerprint density at radius 1 is 1.41 bits per heavy atom. The van der Waals surface area contributed by atoms with Crippen molar-refractivity contribution in [1.82, 2.24) is 5.43 Å². The first-order valence-electron chi connectivity index (χ1n) is 4.65. The normalized spacial score (nSPS) is 9.35. The lowest BCUT2D eigenvalue weighted by molar-refractivity contribution is -0.385. The van der Waals surface area contributed by atoms with E-state index in [1.807, 2.05) is 5.43 Å². The fourth-order valence-electron chi connectivity index (χ4n) is 1.01. The van der Waals surface area contributed by atoms with E-state index in [9.17, 15) is 14.9 Å². The molecule has 0 aromatic heterocycles. The standard InChI is InChI=1S/C9H9N3O3.CH5N/c10-11-9(13)6-5-7-3-1-2-4-8(7)12(14)15;1-2/h1-6H,10H2,(H,11,13);2H2,1H3/b6-5+;. The van der Waals surface area contributed by atoms with Crippen molar-refractivity contribution in [3.8, 4) is 0 Å². The first-order valence-corrected chi connectivity index (χ1v) is 4.65. The third-order valence-corrected chi connectivity index (χ3v) is 1.69. The predicted molar refractivity (Wildman–Crippen MR) is 64.6 cm³/mol. The van der Waals surface area contributed by atoms with Crippen LogP contribution in [-0.2, 0) is 4.79 Å². The minimum atomic E-state index is -0.520.